The largest absolute Gasteiger partial charge is 0.348 e. The van der Waals surface area contributed by atoms with E-state index in [1.165, 1.54) is 32.1 Å². The molecule has 1 aromatic rings. The van der Waals surface area contributed by atoms with E-state index in [0.29, 0.717) is 17.5 Å². The molecule has 1 unspecified atom stereocenters. The normalized spacial score (nSPS) is 17.8. The van der Waals surface area contributed by atoms with E-state index in [1.807, 2.05) is 24.3 Å². The number of hydrogen-bond donors (Lipinski definition) is 2. The fraction of sp³-hybridized carbons (Fsp3) is 0.471. The van der Waals surface area contributed by atoms with Crippen LogP contribution in [0.3, 0.4) is 0 Å². The first-order valence-electron chi connectivity index (χ1n) is 7.63. The number of halogens is 1. The third-order valence-electron chi connectivity index (χ3n) is 4.10. The highest BCUT2D eigenvalue weighted by molar-refractivity contribution is 6.30. The number of carbonyl (C=O) groups is 1. The van der Waals surface area contributed by atoms with E-state index in [4.69, 9.17) is 17.3 Å². The number of hydrogen-bond acceptors (Lipinski definition) is 2. The summed E-state index contributed by atoms with van der Waals surface area (Å²) in [7, 11) is 0. The predicted molar refractivity (Wildman–Crippen MR) is 88.0 cm³/mol. The second-order valence-electron chi connectivity index (χ2n) is 5.63. The van der Waals surface area contributed by atoms with Gasteiger partial charge in [-0.05, 0) is 42.5 Å². The molecule has 0 bridgehead atoms. The Balaban J connectivity index is 1.88. The van der Waals surface area contributed by atoms with Crippen molar-refractivity contribution in [1.82, 2.24) is 5.32 Å². The Labute approximate surface area is 131 Å². The van der Waals surface area contributed by atoms with Crippen molar-refractivity contribution in [3.8, 4) is 0 Å². The van der Waals surface area contributed by atoms with Gasteiger partial charge in [0, 0.05) is 23.7 Å². The summed E-state index contributed by atoms with van der Waals surface area (Å²) in [6.45, 7) is 0.505. The van der Waals surface area contributed by atoms with Gasteiger partial charge in [0.25, 0.3) is 0 Å². The van der Waals surface area contributed by atoms with Gasteiger partial charge in [0.1, 0.15) is 0 Å². The van der Waals surface area contributed by atoms with Gasteiger partial charge in [0.2, 0.25) is 5.91 Å². The van der Waals surface area contributed by atoms with Crippen LogP contribution in [0.5, 0.6) is 0 Å². The minimum Gasteiger partial charge on any atom is -0.348 e. The number of nitrogens with two attached hydrogens (primary N) is 1. The SMILES string of the molecule is NCC(NC(=O)/C=C/c1ccc(Cl)cc1)C1CCCCC1. The third-order valence-corrected chi connectivity index (χ3v) is 4.35. The smallest absolute Gasteiger partial charge is 0.244 e. The average Bonchev–Trinajstić information content (AvgIpc) is 2.53. The highest BCUT2D eigenvalue weighted by Crippen LogP contribution is 2.26. The standard InChI is InChI=1S/C17H23ClN2O/c18-15-9-6-13(7-10-15)8-11-17(21)20-16(12-19)14-4-2-1-3-5-14/h6-11,14,16H,1-5,12,19H2,(H,20,21)/b11-8+. The number of nitrogens with one attached hydrogen (secondary N) is 1. The molecule has 0 aliphatic heterocycles. The van der Waals surface area contributed by atoms with Crippen LogP contribution in [0.2, 0.25) is 5.02 Å². The van der Waals surface area contributed by atoms with Crippen molar-refractivity contribution >= 4 is 23.6 Å². The van der Waals surface area contributed by atoms with Crippen molar-refractivity contribution in [3.63, 3.8) is 0 Å². The van der Waals surface area contributed by atoms with E-state index in [1.54, 1.807) is 12.2 Å². The van der Waals surface area contributed by atoms with Gasteiger partial charge in [-0.25, -0.2) is 0 Å². The Kier molecular flexibility index (Phi) is 6.27. The minimum atomic E-state index is -0.0778. The molecule has 1 aromatic carbocycles. The molecule has 0 heterocycles. The molecule has 1 amide bonds. The molecule has 0 aromatic heterocycles. The summed E-state index contributed by atoms with van der Waals surface area (Å²) in [5, 5.41) is 3.73. The molecule has 21 heavy (non-hydrogen) atoms. The van der Waals surface area contributed by atoms with E-state index in [9.17, 15) is 4.79 Å². The van der Waals surface area contributed by atoms with Gasteiger partial charge in [-0.2, -0.15) is 0 Å². The van der Waals surface area contributed by atoms with Crippen LogP contribution in [0, 0.1) is 5.92 Å². The van der Waals surface area contributed by atoms with Crippen LogP contribution in [0.1, 0.15) is 37.7 Å². The molecule has 1 fully saturated rings. The highest BCUT2D eigenvalue weighted by atomic mass is 35.5. The number of rotatable bonds is 5. The van der Waals surface area contributed by atoms with Crippen LogP contribution >= 0.6 is 11.6 Å². The predicted octanol–water partition coefficient (Wildman–Crippen LogP) is 3.38. The molecule has 0 radical (unpaired) electrons. The lowest BCUT2D eigenvalue weighted by atomic mass is 9.84. The average molecular weight is 307 g/mol. The van der Waals surface area contributed by atoms with Crippen molar-refractivity contribution in [3.05, 3.63) is 40.9 Å². The zero-order chi connectivity index (χ0) is 15.1. The Bertz CT molecular complexity index is 478. The molecule has 1 atom stereocenters. The molecule has 0 saturated heterocycles. The van der Waals surface area contributed by atoms with Crippen LogP contribution in [-0.4, -0.2) is 18.5 Å². The Morgan fingerprint density at radius 1 is 1.29 bits per heavy atom. The molecule has 1 saturated carbocycles. The number of carbonyl (C=O) groups excluding carboxylic acids is 1. The number of benzene rings is 1. The van der Waals surface area contributed by atoms with Crippen LogP contribution < -0.4 is 11.1 Å². The molecule has 3 N–H and O–H groups in total. The summed E-state index contributed by atoms with van der Waals surface area (Å²) in [6, 6.07) is 7.47. The van der Waals surface area contributed by atoms with E-state index >= 15 is 0 Å². The third kappa shape index (κ3) is 5.18. The highest BCUT2D eigenvalue weighted by Gasteiger charge is 2.23. The van der Waals surface area contributed by atoms with Gasteiger partial charge in [0.05, 0.1) is 0 Å². The zero-order valence-corrected chi connectivity index (χ0v) is 13.0. The van der Waals surface area contributed by atoms with E-state index in [0.717, 1.165) is 5.56 Å². The van der Waals surface area contributed by atoms with E-state index < -0.39 is 0 Å². The van der Waals surface area contributed by atoms with Crippen molar-refractivity contribution < 1.29 is 4.79 Å². The first-order chi connectivity index (χ1) is 10.2. The van der Waals surface area contributed by atoms with Crippen molar-refractivity contribution in [1.29, 1.82) is 0 Å². The Morgan fingerprint density at radius 3 is 2.57 bits per heavy atom. The topological polar surface area (TPSA) is 55.1 Å². The summed E-state index contributed by atoms with van der Waals surface area (Å²) in [5.74, 6) is 0.447. The molecule has 114 valence electrons. The van der Waals surface area contributed by atoms with Crippen LogP contribution in [0.4, 0.5) is 0 Å². The summed E-state index contributed by atoms with van der Waals surface area (Å²) in [4.78, 5) is 12.0. The van der Waals surface area contributed by atoms with Crippen molar-refractivity contribution in [2.45, 2.75) is 38.1 Å². The fourth-order valence-corrected chi connectivity index (χ4v) is 3.01. The molecule has 3 nitrogen and oxygen atoms in total. The first-order valence-corrected chi connectivity index (χ1v) is 8.01. The van der Waals surface area contributed by atoms with Crippen molar-refractivity contribution in [2.75, 3.05) is 6.54 Å². The lowest BCUT2D eigenvalue weighted by Crippen LogP contribution is -2.45. The Morgan fingerprint density at radius 2 is 1.95 bits per heavy atom. The quantitative estimate of drug-likeness (QED) is 0.819. The lowest BCUT2D eigenvalue weighted by molar-refractivity contribution is -0.117. The second-order valence-corrected chi connectivity index (χ2v) is 6.07. The van der Waals surface area contributed by atoms with Crippen molar-refractivity contribution in [2.24, 2.45) is 11.7 Å². The maximum Gasteiger partial charge on any atom is 0.244 e. The molecular weight excluding hydrogens is 284 g/mol. The zero-order valence-electron chi connectivity index (χ0n) is 12.2. The molecule has 4 heteroatoms. The molecule has 0 spiro atoms. The Hall–Kier alpha value is -1.32. The van der Waals surface area contributed by atoms with Gasteiger partial charge in [0.15, 0.2) is 0 Å². The molecular formula is C17H23ClN2O. The molecule has 1 aliphatic rings. The van der Waals surface area contributed by atoms with Gasteiger partial charge >= 0.3 is 0 Å². The van der Waals surface area contributed by atoms with E-state index in [2.05, 4.69) is 5.32 Å². The fourth-order valence-electron chi connectivity index (χ4n) is 2.88. The lowest BCUT2D eigenvalue weighted by Gasteiger charge is -2.29. The van der Waals surface area contributed by atoms with Gasteiger partial charge in [-0.1, -0.05) is 43.0 Å². The summed E-state index contributed by atoms with van der Waals surface area (Å²) < 4.78 is 0. The minimum absolute atomic E-state index is 0.0778. The maximum absolute atomic E-state index is 12.0. The van der Waals surface area contributed by atoms with Crippen LogP contribution in [-0.2, 0) is 4.79 Å². The van der Waals surface area contributed by atoms with Gasteiger partial charge in [-0.3, -0.25) is 4.79 Å². The van der Waals surface area contributed by atoms with Crippen LogP contribution in [0.15, 0.2) is 30.3 Å². The monoisotopic (exact) mass is 306 g/mol. The summed E-state index contributed by atoms with van der Waals surface area (Å²) >= 11 is 5.83. The summed E-state index contributed by atoms with van der Waals surface area (Å²) in [6.07, 6.45) is 9.49. The van der Waals surface area contributed by atoms with Gasteiger partial charge < -0.3 is 11.1 Å². The second kappa shape index (κ2) is 8.20. The molecule has 1 aliphatic carbocycles. The van der Waals surface area contributed by atoms with Gasteiger partial charge in [-0.15, -0.1) is 0 Å². The van der Waals surface area contributed by atoms with Crippen LogP contribution in [0.25, 0.3) is 6.08 Å². The van der Waals surface area contributed by atoms with E-state index in [-0.39, 0.29) is 11.9 Å². The summed E-state index contributed by atoms with van der Waals surface area (Å²) in [5.41, 5.74) is 6.78. The first kappa shape index (κ1) is 16.1. The molecule has 2 rings (SSSR count). The maximum atomic E-state index is 12.0. The number of amides is 1.